The topological polar surface area (TPSA) is 36.4 Å². The number of rotatable bonds is 7. The summed E-state index contributed by atoms with van der Waals surface area (Å²) in [5.41, 5.74) is 0.733. The Morgan fingerprint density at radius 2 is 1.85 bits per heavy atom. The first kappa shape index (κ1) is 19.1. The molecule has 0 radical (unpaired) electrons. The number of nitrogens with one attached hydrogen (secondary N) is 2. The molecule has 0 saturated carbocycles. The SMILES string of the molecule is CCCCCNC(=NC)NCCc1ccccc1F.I. The Morgan fingerprint density at radius 3 is 2.50 bits per heavy atom. The molecule has 1 aromatic carbocycles. The van der Waals surface area contributed by atoms with Gasteiger partial charge in [-0.1, -0.05) is 38.0 Å². The van der Waals surface area contributed by atoms with E-state index in [0.717, 1.165) is 24.5 Å². The molecule has 0 amide bonds. The molecule has 0 heterocycles. The van der Waals surface area contributed by atoms with Gasteiger partial charge in [-0.25, -0.2) is 4.39 Å². The Hall–Kier alpha value is -0.850. The van der Waals surface area contributed by atoms with Gasteiger partial charge in [0.05, 0.1) is 0 Å². The molecule has 0 aliphatic rings. The van der Waals surface area contributed by atoms with Crippen LogP contribution in [0.5, 0.6) is 0 Å². The fraction of sp³-hybridized carbons (Fsp3) is 0.533. The predicted molar refractivity (Wildman–Crippen MR) is 94.4 cm³/mol. The van der Waals surface area contributed by atoms with Gasteiger partial charge in [0.15, 0.2) is 5.96 Å². The van der Waals surface area contributed by atoms with Crippen LogP contribution in [-0.4, -0.2) is 26.1 Å². The van der Waals surface area contributed by atoms with Crippen LogP contribution in [-0.2, 0) is 6.42 Å². The Bertz CT molecular complexity index is 396. The summed E-state index contributed by atoms with van der Waals surface area (Å²) >= 11 is 0. The van der Waals surface area contributed by atoms with Gasteiger partial charge in [-0.3, -0.25) is 4.99 Å². The third-order valence-electron chi connectivity index (χ3n) is 2.94. The third-order valence-corrected chi connectivity index (χ3v) is 2.94. The second-order valence-corrected chi connectivity index (χ2v) is 4.47. The molecule has 0 spiro atoms. The average molecular weight is 393 g/mol. The van der Waals surface area contributed by atoms with Crippen LogP contribution in [0.1, 0.15) is 31.7 Å². The van der Waals surface area contributed by atoms with Crippen LogP contribution in [0.2, 0.25) is 0 Å². The van der Waals surface area contributed by atoms with E-state index in [9.17, 15) is 4.39 Å². The summed E-state index contributed by atoms with van der Waals surface area (Å²) in [5.74, 6) is 0.641. The molecule has 0 fully saturated rings. The van der Waals surface area contributed by atoms with Crippen LogP contribution in [0.15, 0.2) is 29.3 Å². The monoisotopic (exact) mass is 393 g/mol. The first-order valence-corrected chi connectivity index (χ1v) is 6.95. The highest BCUT2D eigenvalue weighted by Gasteiger charge is 2.01. The van der Waals surface area contributed by atoms with Gasteiger partial charge in [0.2, 0.25) is 0 Å². The molecule has 1 aromatic rings. The normalized spacial score (nSPS) is 10.8. The first-order chi connectivity index (χ1) is 9.27. The molecule has 114 valence electrons. The van der Waals surface area contributed by atoms with Crippen molar-refractivity contribution in [3.8, 4) is 0 Å². The summed E-state index contributed by atoms with van der Waals surface area (Å²) in [6.07, 6.45) is 4.23. The van der Waals surface area contributed by atoms with E-state index < -0.39 is 0 Å². The number of unbranched alkanes of at least 4 members (excludes halogenated alkanes) is 2. The van der Waals surface area contributed by atoms with Crippen LogP contribution >= 0.6 is 24.0 Å². The van der Waals surface area contributed by atoms with Crippen LogP contribution < -0.4 is 10.6 Å². The quantitative estimate of drug-likeness (QED) is 0.323. The lowest BCUT2D eigenvalue weighted by atomic mass is 10.1. The lowest BCUT2D eigenvalue weighted by Crippen LogP contribution is -2.38. The van der Waals surface area contributed by atoms with Crippen molar-refractivity contribution in [3.05, 3.63) is 35.6 Å². The van der Waals surface area contributed by atoms with Crippen molar-refractivity contribution >= 4 is 29.9 Å². The molecule has 0 saturated heterocycles. The highest BCUT2D eigenvalue weighted by Crippen LogP contribution is 2.05. The number of hydrogen-bond donors (Lipinski definition) is 2. The highest BCUT2D eigenvalue weighted by atomic mass is 127. The van der Waals surface area contributed by atoms with Gasteiger partial charge in [-0.15, -0.1) is 24.0 Å². The van der Waals surface area contributed by atoms with Crippen molar-refractivity contribution in [1.82, 2.24) is 10.6 Å². The number of benzene rings is 1. The van der Waals surface area contributed by atoms with E-state index in [4.69, 9.17) is 0 Å². The first-order valence-electron chi connectivity index (χ1n) is 6.95. The minimum absolute atomic E-state index is 0. The van der Waals surface area contributed by atoms with E-state index in [2.05, 4.69) is 22.5 Å². The van der Waals surface area contributed by atoms with Crippen molar-refractivity contribution in [1.29, 1.82) is 0 Å². The molecule has 0 atom stereocenters. The van der Waals surface area contributed by atoms with Crippen molar-refractivity contribution < 1.29 is 4.39 Å². The second kappa shape index (κ2) is 11.9. The molecule has 0 aliphatic carbocycles. The van der Waals surface area contributed by atoms with E-state index in [1.807, 2.05) is 12.1 Å². The summed E-state index contributed by atoms with van der Waals surface area (Å²) in [5, 5.41) is 6.44. The van der Waals surface area contributed by atoms with Gasteiger partial charge in [-0.05, 0) is 24.5 Å². The van der Waals surface area contributed by atoms with Crippen molar-refractivity contribution in [2.45, 2.75) is 32.6 Å². The molecule has 20 heavy (non-hydrogen) atoms. The van der Waals surface area contributed by atoms with Crippen molar-refractivity contribution in [2.75, 3.05) is 20.1 Å². The fourth-order valence-corrected chi connectivity index (χ4v) is 1.82. The number of halogens is 2. The highest BCUT2D eigenvalue weighted by molar-refractivity contribution is 14.0. The van der Waals surface area contributed by atoms with Gasteiger partial charge >= 0.3 is 0 Å². The molecule has 2 N–H and O–H groups in total. The van der Waals surface area contributed by atoms with Crippen LogP contribution in [0.25, 0.3) is 0 Å². The maximum Gasteiger partial charge on any atom is 0.190 e. The molecule has 0 aromatic heterocycles. The average Bonchev–Trinajstić information content (AvgIpc) is 2.43. The van der Waals surface area contributed by atoms with Gasteiger partial charge < -0.3 is 10.6 Å². The number of aliphatic imine (C=N–C) groups is 1. The molecule has 0 unspecified atom stereocenters. The van der Waals surface area contributed by atoms with Crippen LogP contribution in [0.4, 0.5) is 4.39 Å². The Morgan fingerprint density at radius 1 is 1.15 bits per heavy atom. The van der Waals surface area contributed by atoms with Crippen LogP contribution in [0.3, 0.4) is 0 Å². The predicted octanol–water partition coefficient (Wildman–Crippen LogP) is 3.34. The minimum Gasteiger partial charge on any atom is -0.356 e. The van der Waals surface area contributed by atoms with Gasteiger partial charge in [0.25, 0.3) is 0 Å². The summed E-state index contributed by atoms with van der Waals surface area (Å²) in [6, 6.07) is 6.87. The molecule has 1 rings (SSSR count). The Labute approximate surface area is 138 Å². The van der Waals surface area contributed by atoms with E-state index in [0.29, 0.717) is 13.0 Å². The fourth-order valence-electron chi connectivity index (χ4n) is 1.82. The molecule has 3 nitrogen and oxygen atoms in total. The lowest BCUT2D eigenvalue weighted by Gasteiger charge is -2.11. The van der Waals surface area contributed by atoms with Gasteiger partial charge in [0, 0.05) is 20.1 Å². The smallest absolute Gasteiger partial charge is 0.190 e. The zero-order valence-electron chi connectivity index (χ0n) is 12.3. The standard InChI is InChI=1S/C15H24FN3.HI/c1-3-4-7-11-18-15(17-2)19-12-10-13-8-5-6-9-14(13)16;/h5-6,8-9H,3-4,7,10-12H2,1-2H3,(H2,17,18,19);1H. The van der Waals surface area contributed by atoms with Gasteiger partial charge in [-0.2, -0.15) is 0 Å². The Balaban J connectivity index is 0.00000361. The van der Waals surface area contributed by atoms with Crippen molar-refractivity contribution in [3.63, 3.8) is 0 Å². The van der Waals surface area contributed by atoms with Crippen molar-refractivity contribution in [2.24, 2.45) is 4.99 Å². The Kier molecular flexibility index (Phi) is 11.4. The summed E-state index contributed by atoms with van der Waals surface area (Å²) in [6.45, 7) is 3.78. The number of hydrogen-bond acceptors (Lipinski definition) is 1. The summed E-state index contributed by atoms with van der Waals surface area (Å²) < 4.78 is 13.4. The number of nitrogens with zero attached hydrogens (tertiary/aromatic N) is 1. The van der Waals surface area contributed by atoms with E-state index >= 15 is 0 Å². The van der Waals surface area contributed by atoms with E-state index in [1.165, 1.54) is 18.9 Å². The zero-order chi connectivity index (χ0) is 13.9. The van der Waals surface area contributed by atoms with Gasteiger partial charge in [0.1, 0.15) is 5.82 Å². The maximum atomic E-state index is 13.4. The summed E-state index contributed by atoms with van der Waals surface area (Å²) in [4.78, 5) is 4.14. The maximum absolute atomic E-state index is 13.4. The molecule has 0 aliphatic heterocycles. The molecular formula is C15H25FIN3. The molecule has 5 heteroatoms. The largest absolute Gasteiger partial charge is 0.356 e. The summed E-state index contributed by atoms with van der Waals surface area (Å²) in [7, 11) is 1.75. The molecule has 0 bridgehead atoms. The number of guanidine groups is 1. The lowest BCUT2D eigenvalue weighted by molar-refractivity contribution is 0.606. The zero-order valence-corrected chi connectivity index (χ0v) is 14.6. The van der Waals surface area contributed by atoms with Crippen LogP contribution in [0, 0.1) is 5.82 Å². The van der Waals surface area contributed by atoms with E-state index in [-0.39, 0.29) is 29.8 Å². The minimum atomic E-state index is -0.143. The molecular weight excluding hydrogens is 368 g/mol. The third kappa shape index (κ3) is 7.67. The second-order valence-electron chi connectivity index (χ2n) is 4.47. The van der Waals surface area contributed by atoms with E-state index in [1.54, 1.807) is 13.1 Å².